The fraction of sp³-hybridized carbons (Fsp3) is 0.950. The summed E-state index contributed by atoms with van der Waals surface area (Å²) in [6.45, 7) is 9.64. The van der Waals surface area contributed by atoms with E-state index in [1.54, 1.807) is 0 Å². The van der Waals surface area contributed by atoms with Crippen molar-refractivity contribution in [2.45, 2.75) is 439 Å². The highest BCUT2D eigenvalue weighted by atomic mass is 31.2. The van der Waals surface area contributed by atoms with Crippen LogP contribution >= 0.6 is 15.6 Å². The fourth-order valence-corrected chi connectivity index (χ4v) is 13.9. The molecule has 0 aliphatic carbocycles. The van der Waals surface area contributed by atoms with Crippen LogP contribution in [0.4, 0.5) is 0 Å². The monoisotopic (exact) mass is 1450 g/mol. The molecule has 19 heteroatoms. The number of phosphoric acid groups is 2. The Labute approximate surface area is 607 Å². The van der Waals surface area contributed by atoms with Crippen LogP contribution < -0.4 is 0 Å². The van der Waals surface area contributed by atoms with Crippen molar-refractivity contribution in [3.05, 3.63) is 0 Å². The number of carbonyl (C=O) groups is 4. The summed E-state index contributed by atoms with van der Waals surface area (Å²) in [7, 11) is -9.91. The van der Waals surface area contributed by atoms with E-state index in [-0.39, 0.29) is 25.7 Å². The van der Waals surface area contributed by atoms with E-state index in [1.165, 1.54) is 225 Å². The van der Waals surface area contributed by atoms with Gasteiger partial charge in [-0.3, -0.25) is 37.3 Å². The van der Waals surface area contributed by atoms with Crippen LogP contribution in [-0.4, -0.2) is 96.7 Å². The zero-order valence-corrected chi connectivity index (χ0v) is 66.6. The van der Waals surface area contributed by atoms with Gasteiger partial charge in [0.2, 0.25) is 0 Å². The van der Waals surface area contributed by atoms with E-state index >= 15 is 0 Å². The molecule has 588 valence electrons. The van der Waals surface area contributed by atoms with E-state index in [0.717, 1.165) is 115 Å². The van der Waals surface area contributed by atoms with Crippen molar-refractivity contribution in [3.63, 3.8) is 0 Å². The molecule has 6 atom stereocenters. The number of rotatable bonds is 79. The molecule has 3 unspecified atom stereocenters. The lowest BCUT2D eigenvalue weighted by Crippen LogP contribution is -2.30. The highest BCUT2D eigenvalue weighted by Gasteiger charge is 2.30. The van der Waals surface area contributed by atoms with Crippen LogP contribution in [0.1, 0.15) is 420 Å². The lowest BCUT2D eigenvalue weighted by atomic mass is 9.99. The molecule has 0 aliphatic heterocycles. The number of phosphoric ester groups is 2. The first-order chi connectivity index (χ1) is 47.9. The molecule has 0 aromatic carbocycles. The van der Waals surface area contributed by atoms with Crippen LogP contribution in [0.25, 0.3) is 0 Å². The van der Waals surface area contributed by atoms with Gasteiger partial charge in [-0.2, -0.15) is 0 Å². The SMILES string of the molecule is CCCCCCCCCCCCCCCCCCCC(=O)OC[C@H](COP(=O)(O)OC[C@@H](O)COP(=O)(O)OC[C@@H](COC(=O)CCCCCCCCC)OC(=O)CCCCCCCCCCCCC(C)C)OC(=O)CCCCCCCCCCCCCCCCCCCCC(C)CC. The van der Waals surface area contributed by atoms with Crippen LogP contribution in [0.3, 0.4) is 0 Å². The smallest absolute Gasteiger partial charge is 0.462 e. The zero-order valence-electron chi connectivity index (χ0n) is 64.8. The Morgan fingerprint density at radius 2 is 0.515 bits per heavy atom. The van der Waals surface area contributed by atoms with Gasteiger partial charge in [0.25, 0.3) is 0 Å². The first-order valence-corrected chi connectivity index (χ1v) is 44.5. The van der Waals surface area contributed by atoms with Gasteiger partial charge < -0.3 is 33.8 Å². The van der Waals surface area contributed by atoms with E-state index in [2.05, 4.69) is 41.5 Å². The summed E-state index contributed by atoms with van der Waals surface area (Å²) in [5, 5.41) is 10.6. The highest BCUT2D eigenvalue weighted by molar-refractivity contribution is 7.47. The lowest BCUT2D eigenvalue weighted by molar-refractivity contribution is -0.161. The molecule has 0 saturated heterocycles. The van der Waals surface area contributed by atoms with Crippen molar-refractivity contribution in [1.82, 2.24) is 0 Å². The molecule has 17 nitrogen and oxygen atoms in total. The number of unbranched alkanes of at least 4 members (excludes halogenated alkanes) is 48. The Balaban J connectivity index is 5.16. The van der Waals surface area contributed by atoms with Gasteiger partial charge in [-0.05, 0) is 37.5 Å². The number of carbonyl (C=O) groups excluding carboxylic acids is 4. The standard InChI is InChI=1S/C80H156O17P2/c1-7-10-12-14-16-17-18-19-20-23-27-30-33-39-45-51-57-63-78(83)91-69-76(97-79(84)64-58-52-46-40-34-31-28-25-22-21-24-26-29-32-38-44-49-55-61-73(6)9-3)71-95-99(88,89)93-67-74(81)66-92-98(86,87)94-70-75(68-90-77(82)62-56-50-42-15-13-11-8-2)96-80(85)65-59-53-47-41-36-35-37-43-48-54-60-72(4)5/h72-76,81H,7-71H2,1-6H3,(H,86,87)(H,88,89)/t73?,74-,75+,76+/m0/s1. The summed E-state index contributed by atoms with van der Waals surface area (Å²) in [6, 6.07) is 0. The fourth-order valence-electron chi connectivity index (χ4n) is 12.3. The molecule has 0 heterocycles. The molecule has 0 bridgehead atoms. The number of hydrogen-bond donors (Lipinski definition) is 3. The number of hydrogen-bond acceptors (Lipinski definition) is 15. The second kappa shape index (κ2) is 71.7. The van der Waals surface area contributed by atoms with Gasteiger partial charge in [0.15, 0.2) is 12.2 Å². The molecular formula is C80H156O17P2. The molecule has 0 amide bonds. The van der Waals surface area contributed by atoms with E-state index in [9.17, 15) is 43.2 Å². The molecule has 0 fully saturated rings. The van der Waals surface area contributed by atoms with Crippen molar-refractivity contribution >= 4 is 39.5 Å². The maximum Gasteiger partial charge on any atom is 0.472 e. The maximum atomic E-state index is 13.1. The highest BCUT2D eigenvalue weighted by Crippen LogP contribution is 2.45. The van der Waals surface area contributed by atoms with E-state index in [1.807, 2.05) is 0 Å². The summed E-state index contributed by atoms with van der Waals surface area (Å²) in [6.07, 6.45) is 61.2. The van der Waals surface area contributed by atoms with Crippen LogP contribution in [-0.2, 0) is 65.4 Å². The van der Waals surface area contributed by atoms with Crippen molar-refractivity contribution in [2.75, 3.05) is 39.6 Å². The maximum absolute atomic E-state index is 13.1. The first kappa shape index (κ1) is 97.1. The first-order valence-electron chi connectivity index (χ1n) is 41.5. The van der Waals surface area contributed by atoms with E-state index in [4.69, 9.17) is 37.0 Å². The van der Waals surface area contributed by atoms with Gasteiger partial charge in [0.1, 0.15) is 19.3 Å². The van der Waals surface area contributed by atoms with Gasteiger partial charge in [-0.1, -0.05) is 369 Å². The Morgan fingerprint density at radius 1 is 0.293 bits per heavy atom. The van der Waals surface area contributed by atoms with E-state index < -0.39 is 97.5 Å². The summed E-state index contributed by atoms with van der Waals surface area (Å²) < 4.78 is 68.5. The van der Waals surface area contributed by atoms with Gasteiger partial charge in [-0.15, -0.1) is 0 Å². The number of ether oxygens (including phenoxy) is 4. The van der Waals surface area contributed by atoms with Gasteiger partial charge in [0, 0.05) is 25.7 Å². The Kier molecular flexibility index (Phi) is 70.3. The van der Waals surface area contributed by atoms with Crippen molar-refractivity contribution in [1.29, 1.82) is 0 Å². The van der Waals surface area contributed by atoms with Crippen LogP contribution in [0.2, 0.25) is 0 Å². The summed E-state index contributed by atoms with van der Waals surface area (Å²) >= 11 is 0. The summed E-state index contributed by atoms with van der Waals surface area (Å²) in [5.41, 5.74) is 0. The molecule has 0 aromatic heterocycles. The average molecular weight is 1450 g/mol. The predicted molar refractivity (Wildman–Crippen MR) is 405 cm³/mol. The summed E-state index contributed by atoms with van der Waals surface area (Å²) in [4.78, 5) is 72.8. The average Bonchev–Trinajstić information content (AvgIpc) is 0.965. The molecular weight excluding hydrogens is 1290 g/mol. The third-order valence-electron chi connectivity index (χ3n) is 19.1. The molecule has 0 saturated carbocycles. The van der Waals surface area contributed by atoms with Gasteiger partial charge in [0.05, 0.1) is 26.4 Å². The third-order valence-corrected chi connectivity index (χ3v) is 21.0. The minimum absolute atomic E-state index is 0.106. The Bertz CT molecular complexity index is 1910. The van der Waals surface area contributed by atoms with Crippen LogP contribution in [0.15, 0.2) is 0 Å². The predicted octanol–water partition coefficient (Wildman–Crippen LogP) is 23.9. The Hall–Kier alpha value is -1.94. The quantitative estimate of drug-likeness (QED) is 0.0222. The number of aliphatic hydroxyl groups is 1. The van der Waals surface area contributed by atoms with Crippen molar-refractivity contribution in [2.24, 2.45) is 11.8 Å². The second-order valence-electron chi connectivity index (χ2n) is 29.5. The minimum atomic E-state index is -4.96. The van der Waals surface area contributed by atoms with Crippen LogP contribution in [0, 0.1) is 11.8 Å². The molecule has 0 aliphatic rings. The van der Waals surface area contributed by atoms with E-state index in [0.29, 0.717) is 25.7 Å². The lowest BCUT2D eigenvalue weighted by Gasteiger charge is -2.21. The molecule has 0 radical (unpaired) electrons. The van der Waals surface area contributed by atoms with Gasteiger partial charge >= 0.3 is 39.5 Å². The minimum Gasteiger partial charge on any atom is -0.462 e. The van der Waals surface area contributed by atoms with Crippen molar-refractivity contribution < 1.29 is 80.2 Å². The van der Waals surface area contributed by atoms with Crippen LogP contribution in [0.5, 0.6) is 0 Å². The number of esters is 4. The third kappa shape index (κ3) is 72.8. The second-order valence-corrected chi connectivity index (χ2v) is 32.4. The summed E-state index contributed by atoms with van der Waals surface area (Å²) in [5.74, 6) is -0.492. The Morgan fingerprint density at radius 3 is 0.768 bits per heavy atom. The molecule has 3 N–H and O–H groups in total. The normalized spacial score (nSPS) is 14.2. The molecule has 0 spiro atoms. The number of aliphatic hydroxyl groups excluding tert-OH is 1. The zero-order chi connectivity index (χ0) is 72.8. The topological polar surface area (TPSA) is 237 Å². The van der Waals surface area contributed by atoms with Crippen molar-refractivity contribution in [3.8, 4) is 0 Å². The largest absolute Gasteiger partial charge is 0.472 e. The molecule has 0 rings (SSSR count). The van der Waals surface area contributed by atoms with Gasteiger partial charge in [-0.25, -0.2) is 9.13 Å². The molecule has 0 aromatic rings. The molecule has 99 heavy (non-hydrogen) atoms.